The number of anilines is 1. The Morgan fingerprint density at radius 3 is 2.68 bits per heavy atom. The number of imidazole rings is 1. The number of fused-ring (bicyclic) bond motifs is 1. The van der Waals surface area contributed by atoms with Gasteiger partial charge in [0.2, 0.25) is 0 Å². The lowest BCUT2D eigenvalue weighted by Gasteiger charge is -2.17. The average Bonchev–Trinajstić information content (AvgIpc) is 3.40. The number of alkyl halides is 2. The van der Waals surface area contributed by atoms with Crippen molar-refractivity contribution in [1.82, 2.24) is 24.4 Å². The van der Waals surface area contributed by atoms with Crippen LogP contribution in [0.1, 0.15) is 10.5 Å². The SMILES string of the molecule is C[Si](C)(C)CCOCn1ncc(NC(=O)c2cnc3ccc(Cl)nn23)c1-c1cc(Cl)ccc1OC(F)F. The Morgan fingerprint density at radius 1 is 1.16 bits per heavy atom. The van der Waals surface area contributed by atoms with Crippen molar-refractivity contribution in [3.63, 3.8) is 0 Å². The first kappa shape index (κ1) is 27.0. The topological polar surface area (TPSA) is 95.6 Å². The van der Waals surface area contributed by atoms with Gasteiger partial charge in [0, 0.05) is 25.3 Å². The monoisotopic (exact) mass is 568 g/mol. The van der Waals surface area contributed by atoms with Gasteiger partial charge in [-0.2, -0.15) is 19.0 Å². The van der Waals surface area contributed by atoms with E-state index in [1.165, 1.54) is 39.8 Å². The predicted octanol–water partition coefficient (Wildman–Crippen LogP) is 6.07. The van der Waals surface area contributed by atoms with Crippen molar-refractivity contribution in [2.45, 2.75) is 39.0 Å². The summed E-state index contributed by atoms with van der Waals surface area (Å²) in [7, 11) is -1.34. The fraction of sp³-hybridized carbons (Fsp3) is 0.304. The molecule has 3 aromatic heterocycles. The molecule has 1 aromatic carbocycles. The quantitative estimate of drug-likeness (QED) is 0.184. The van der Waals surface area contributed by atoms with Gasteiger partial charge in [0.1, 0.15) is 17.6 Å². The molecule has 0 aliphatic carbocycles. The lowest BCUT2D eigenvalue weighted by Crippen LogP contribution is -2.22. The first-order valence-corrected chi connectivity index (χ1v) is 15.7. The molecule has 9 nitrogen and oxygen atoms in total. The zero-order chi connectivity index (χ0) is 26.7. The summed E-state index contributed by atoms with van der Waals surface area (Å²) in [5, 5.41) is 11.7. The highest BCUT2D eigenvalue weighted by Crippen LogP contribution is 2.38. The maximum absolute atomic E-state index is 13.2. The first-order valence-electron chi connectivity index (χ1n) is 11.2. The van der Waals surface area contributed by atoms with E-state index in [1.54, 1.807) is 12.1 Å². The van der Waals surface area contributed by atoms with Gasteiger partial charge in [-0.05, 0) is 36.4 Å². The Labute approximate surface area is 222 Å². The van der Waals surface area contributed by atoms with Crippen molar-refractivity contribution in [3.8, 4) is 17.0 Å². The van der Waals surface area contributed by atoms with E-state index in [0.29, 0.717) is 12.3 Å². The van der Waals surface area contributed by atoms with E-state index in [4.69, 9.17) is 32.7 Å². The number of nitrogens with zero attached hydrogens (tertiary/aromatic N) is 5. The van der Waals surface area contributed by atoms with Gasteiger partial charge in [-0.1, -0.05) is 42.8 Å². The molecule has 37 heavy (non-hydrogen) atoms. The maximum Gasteiger partial charge on any atom is 0.387 e. The van der Waals surface area contributed by atoms with Gasteiger partial charge in [0.05, 0.1) is 23.8 Å². The zero-order valence-corrected chi connectivity index (χ0v) is 22.7. The molecule has 4 rings (SSSR count). The second-order valence-corrected chi connectivity index (χ2v) is 15.7. The standard InChI is InChI=1S/C23H24Cl2F2N6O3Si/c1-37(2,3)9-8-35-13-32-21(15-10-14(24)4-5-18(15)36-23(26)27)16(11-29-32)30-22(34)17-12-28-20-7-6-19(25)31-33(17)20/h4-7,10-12,23H,8-9,13H2,1-3H3,(H,30,34). The fourth-order valence-electron chi connectivity index (χ4n) is 3.47. The number of benzene rings is 1. The molecule has 0 aliphatic heterocycles. The fourth-order valence-corrected chi connectivity index (χ4v) is 4.53. The van der Waals surface area contributed by atoms with E-state index < -0.39 is 20.6 Å². The summed E-state index contributed by atoms with van der Waals surface area (Å²) in [6.07, 6.45) is 2.74. The Bertz CT molecular complexity index is 1420. The van der Waals surface area contributed by atoms with E-state index in [0.717, 1.165) is 6.04 Å². The van der Waals surface area contributed by atoms with Crippen molar-refractivity contribution < 1.29 is 23.0 Å². The highest BCUT2D eigenvalue weighted by molar-refractivity contribution is 6.76. The molecule has 1 amide bonds. The van der Waals surface area contributed by atoms with Gasteiger partial charge in [-0.3, -0.25) is 4.79 Å². The van der Waals surface area contributed by atoms with Gasteiger partial charge >= 0.3 is 6.61 Å². The molecule has 0 aliphatic rings. The minimum Gasteiger partial charge on any atom is -0.434 e. The third kappa shape index (κ3) is 6.63. The molecule has 3 heterocycles. The molecule has 0 saturated heterocycles. The van der Waals surface area contributed by atoms with E-state index >= 15 is 0 Å². The van der Waals surface area contributed by atoms with Gasteiger partial charge in [0.25, 0.3) is 5.91 Å². The number of rotatable bonds is 10. The predicted molar refractivity (Wildman–Crippen MR) is 139 cm³/mol. The lowest BCUT2D eigenvalue weighted by atomic mass is 10.1. The molecule has 1 N–H and O–H groups in total. The van der Waals surface area contributed by atoms with Crippen LogP contribution < -0.4 is 10.1 Å². The summed E-state index contributed by atoms with van der Waals surface area (Å²) in [5.74, 6) is -0.705. The number of hydrogen-bond donors (Lipinski definition) is 1. The van der Waals surface area contributed by atoms with Gasteiger partial charge in [-0.25, -0.2) is 14.2 Å². The Hall–Kier alpha value is -3.06. The van der Waals surface area contributed by atoms with Crippen LogP contribution in [-0.4, -0.2) is 51.6 Å². The molecule has 0 bridgehead atoms. The van der Waals surface area contributed by atoms with E-state index in [-0.39, 0.29) is 45.3 Å². The number of hydrogen-bond acceptors (Lipinski definition) is 6. The summed E-state index contributed by atoms with van der Waals surface area (Å²) in [4.78, 5) is 17.4. The van der Waals surface area contributed by atoms with Crippen molar-refractivity contribution in [3.05, 3.63) is 58.6 Å². The smallest absolute Gasteiger partial charge is 0.387 e. The lowest BCUT2D eigenvalue weighted by molar-refractivity contribution is -0.0495. The van der Waals surface area contributed by atoms with Crippen LogP contribution in [0.15, 0.2) is 42.7 Å². The normalized spacial score (nSPS) is 11.9. The third-order valence-electron chi connectivity index (χ3n) is 5.27. The van der Waals surface area contributed by atoms with Crippen LogP contribution in [-0.2, 0) is 11.5 Å². The second-order valence-electron chi connectivity index (χ2n) is 9.30. The second kappa shape index (κ2) is 11.1. The maximum atomic E-state index is 13.2. The summed E-state index contributed by atoms with van der Waals surface area (Å²) in [6, 6.07) is 8.32. The van der Waals surface area contributed by atoms with Crippen LogP contribution in [0.2, 0.25) is 35.9 Å². The number of carbonyl (C=O) groups is 1. The highest BCUT2D eigenvalue weighted by atomic mass is 35.5. The number of amides is 1. The average molecular weight is 569 g/mol. The van der Waals surface area contributed by atoms with Crippen LogP contribution in [0.5, 0.6) is 5.75 Å². The van der Waals surface area contributed by atoms with Crippen molar-refractivity contribution in [2.75, 3.05) is 11.9 Å². The number of halogens is 4. The zero-order valence-electron chi connectivity index (χ0n) is 20.2. The number of aromatic nitrogens is 5. The number of ether oxygens (including phenoxy) is 2. The van der Waals surface area contributed by atoms with Crippen LogP contribution in [0, 0.1) is 0 Å². The van der Waals surface area contributed by atoms with Crippen LogP contribution >= 0.6 is 23.2 Å². The summed E-state index contributed by atoms with van der Waals surface area (Å²) in [6.45, 7) is 4.13. The van der Waals surface area contributed by atoms with Crippen molar-refractivity contribution >= 4 is 48.5 Å². The molecule has 0 atom stereocenters. The van der Waals surface area contributed by atoms with Crippen molar-refractivity contribution in [2.24, 2.45) is 0 Å². The molecule has 0 spiro atoms. The number of nitrogens with one attached hydrogen (secondary N) is 1. The van der Waals surface area contributed by atoms with Gasteiger partial charge in [0.15, 0.2) is 11.3 Å². The summed E-state index contributed by atoms with van der Waals surface area (Å²) >= 11 is 12.2. The molecule has 0 saturated carbocycles. The van der Waals surface area contributed by atoms with Crippen molar-refractivity contribution in [1.29, 1.82) is 0 Å². The summed E-state index contributed by atoms with van der Waals surface area (Å²) in [5.41, 5.74) is 1.23. The molecule has 0 fully saturated rings. The van der Waals surface area contributed by atoms with E-state index in [2.05, 4.69) is 40.1 Å². The van der Waals surface area contributed by atoms with Crippen LogP contribution in [0.25, 0.3) is 16.9 Å². The van der Waals surface area contributed by atoms with E-state index in [1.807, 2.05) is 0 Å². The first-order chi connectivity index (χ1) is 17.5. The van der Waals surface area contributed by atoms with Gasteiger partial charge in [-0.15, -0.1) is 0 Å². The Balaban J connectivity index is 1.71. The molecule has 4 aromatic rings. The minimum absolute atomic E-state index is 0.0170. The summed E-state index contributed by atoms with van der Waals surface area (Å²) < 4.78 is 39.7. The molecule has 0 radical (unpaired) electrons. The largest absolute Gasteiger partial charge is 0.434 e. The Morgan fingerprint density at radius 2 is 1.95 bits per heavy atom. The Kier molecular flexibility index (Phi) is 8.12. The molecule has 14 heteroatoms. The van der Waals surface area contributed by atoms with Crippen LogP contribution in [0.4, 0.5) is 14.5 Å². The molecular formula is C23H24Cl2F2N6O3Si. The van der Waals surface area contributed by atoms with E-state index in [9.17, 15) is 13.6 Å². The minimum atomic E-state index is -3.07. The molecule has 0 unspecified atom stereocenters. The van der Waals surface area contributed by atoms with Gasteiger partial charge < -0.3 is 14.8 Å². The molecular weight excluding hydrogens is 545 g/mol. The highest BCUT2D eigenvalue weighted by Gasteiger charge is 2.23. The molecule has 196 valence electrons. The third-order valence-corrected chi connectivity index (χ3v) is 7.41. The number of carbonyl (C=O) groups excluding carboxylic acids is 1. The van der Waals surface area contributed by atoms with Crippen LogP contribution in [0.3, 0.4) is 0 Å².